The van der Waals surface area contributed by atoms with E-state index >= 15 is 0 Å². The zero-order chi connectivity index (χ0) is 21.5. The predicted octanol–water partition coefficient (Wildman–Crippen LogP) is 3.74. The van der Waals surface area contributed by atoms with Crippen molar-refractivity contribution in [1.82, 2.24) is 19.6 Å². The minimum Gasteiger partial charge on any atom is -0.322 e. The van der Waals surface area contributed by atoms with Crippen LogP contribution in [-0.4, -0.2) is 64.7 Å². The Kier molecular flexibility index (Phi) is 5.79. The molecule has 0 bridgehead atoms. The highest BCUT2D eigenvalue weighted by Crippen LogP contribution is 2.40. The Morgan fingerprint density at radius 2 is 1.83 bits per heavy atom. The standard InChI is InChI=1S/C21H25Cl2N5O2/c1-15(29)25(2)19-10-24-28(12-19)20(30)27-6-4-21(14-27)3-5-26(13-21)11-16-7-17(22)9-18(23)8-16/h7-10,12H,3-6,11,13-14H2,1-2H3. The van der Waals surface area contributed by atoms with E-state index in [0.717, 1.165) is 44.6 Å². The molecule has 2 fully saturated rings. The molecule has 3 heterocycles. The van der Waals surface area contributed by atoms with Gasteiger partial charge in [-0.2, -0.15) is 9.78 Å². The monoisotopic (exact) mass is 449 g/mol. The Labute approximate surface area is 186 Å². The summed E-state index contributed by atoms with van der Waals surface area (Å²) in [7, 11) is 1.67. The summed E-state index contributed by atoms with van der Waals surface area (Å²) >= 11 is 12.3. The average molecular weight is 450 g/mol. The third-order valence-electron chi connectivity index (χ3n) is 6.18. The molecule has 2 aliphatic rings. The van der Waals surface area contributed by atoms with Crippen molar-refractivity contribution in [2.45, 2.75) is 26.3 Å². The molecule has 1 aromatic carbocycles. The summed E-state index contributed by atoms with van der Waals surface area (Å²) in [5, 5.41) is 5.46. The second-order valence-electron chi connectivity index (χ2n) is 8.41. The Morgan fingerprint density at radius 1 is 1.13 bits per heavy atom. The summed E-state index contributed by atoms with van der Waals surface area (Å²) in [6, 6.07) is 5.51. The van der Waals surface area contributed by atoms with Gasteiger partial charge in [0, 0.05) is 55.6 Å². The number of carbonyl (C=O) groups is 2. The lowest BCUT2D eigenvalue weighted by atomic mass is 9.86. The van der Waals surface area contributed by atoms with Crippen molar-refractivity contribution in [2.24, 2.45) is 5.41 Å². The number of nitrogens with zero attached hydrogens (tertiary/aromatic N) is 5. The molecular formula is C21H25Cl2N5O2. The van der Waals surface area contributed by atoms with E-state index in [0.29, 0.717) is 22.3 Å². The number of anilines is 1. The van der Waals surface area contributed by atoms with E-state index in [2.05, 4.69) is 10.00 Å². The fourth-order valence-corrected chi connectivity index (χ4v) is 5.04. The SMILES string of the molecule is CC(=O)N(C)c1cnn(C(=O)N2CCC3(CCN(Cc4cc(Cl)cc(Cl)c4)C3)C2)c1. The minimum atomic E-state index is -0.143. The fraction of sp³-hybridized carbons (Fsp3) is 0.476. The lowest BCUT2D eigenvalue weighted by molar-refractivity contribution is -0.116. The number of benzene rings is 1. The van der Waals surface area contributed by atoms with Crippen LogP contribution >= 0.6 is 23.2 Å². The van der Waals surface area contributed by atoms with Gasteiger partial charge in [0.25, 0.3) is 0 Å². The Balaban J connectivity index is 1.38. The minimum absolute atomic E-state index is 0.103. The summed E-state index contributed by atoms with van der Waals surface area (Å²) in [4.78, 5) is 30.2. The Bertz CT molecular complexity index is 958. The van der Waals surface area contributed by atoms with Crippen molar-refractivity contribution in [1.29, 1.82) is 0 Å². The number of carbonyl (C=O) groups excluding carboxylic acids is 2. The number of aromatic nitrogens is 2. The molecule has 160 valence electrons. The average Bonchev–Trinajstić information content (AvgIpc) is 3.41. The van der Waals surface area contributed by atoms with Gasteiger partial charge in [-0.25, -0.2) is 4.79 Å². The number of likely N-dealkylation sites (tertiary alicyclic amines) is 2. The van der Waals surface area contributed by atoms with E-state index < -0.39 is 0 Å². The predicted molar refractivity (Wildman–Crippen MR) is 117 cm³/mol. The summed E-state index contributed by atoms with van der Waals surface area (Å²) < 4.78 is 1.33. The molecule has 4 rings (SSSR count). The van der Waals surface area contributed by atoms with E-state index in [1.165, 1.54) is 16.5 Å². The lowest BCUT2D eigenvalue weighted by Gasteiger charge is -2.24. The molecular weight excluding hydrogens is 425 g/mol. The van der Waals surface area contributed by atoms with Gasteiger partial charge < -0.3 is 9.80 Å². The van der Waals surface area contributed by atoms with Gasteiger partial charge in [0.1, 0.15) is 0 Å². The van der Waals surface area contributed by atoms with Crippen LogP contribution in [0.5, 0.6) is 0 Å². The molecule has 1 atom stereocenters. The van der Waals surface area contributed by atoms with Gasteiger partial charge in [0.15, 0.2) is 0 Å². The number of amides is 2. The van der Waals surface area contributed by atoms with Crippen LogP contribution in [0.25, 0.3) is 0 Å². The van der Waals surface area contributed by atoms with E-state index in [-0.39, 0.29) is 17.4 Å². The first-order valence-corrected chi connectivity index (χ1v) is 10.8. The lowest BCUT2D eigenvalue weighted by Crippen LogP contribution is -2.36. The molecule has 2 saturated heterocycles. The van der Waals surface area contributed by atoms with Crippen molar-refractivity contribution in [3.8, 4) is 0 Å². The largest absolute Gasteiger partial charge is 0.344 e. The van der Waals surface area contributed by atoms with Crippen LogP contribution in [0, 0.1) is 5.41 Å². The van der Waals surface area contributed by atoms with Crippen LogP contribution in [0.15, 0.2) is 30.6 Å². The first kappa shape index (κ1) is 21.2. The van der Waals surface area contributed by atoms with Crippen molar-refractivity contribution in [2.75, 3.05) is 38.1 Å². The molecule has 9 heteroatoms. The molecule has 0 radical (unpaired) electrons. The summed E-state index contributed by atoms with van der Waals surface area (Å²) in [6.07, 6.45) is 5.19. The van der Waals surface area contributed by atoms with Crippen molar-refractivity contribution >= 4 is 40.8 Å². The summed E-state index contributed by atoms with van der Waals surface area (Å²) in [5.74, 6) is -0.103. The molecule has 2 aromatic rings. The van der Waals surface area contributed by atoms with Gasteiger partial charge in [0.05, 0.1) is 18.1 Å². The highest BCUT2D eigenvalue weighted by molar-refractivity contribution is 6.34. The fourth-order valence-electron chi connectivity index (χ4n) is 4.47. The van der Waals surface area contributed by atoms with Gasteiger partial charge in [-0.05, 0) is 43.1 Å². The van der Waals surface area contributed by atoms with Gasteiger partial charge in [-0.3, -0.25) is 9.69 Å². The summed E-state index contributed by atoms with van der Waals surface area (Å²) in [5.41, 5.74) is 1.83. The van der Waals surface area contributed by atoms with Crippen LogP contribution in [-0.2, 0) is 11.3 Å². The van der Waals surface area contributed by atoms with Crippen LogP contribution in [0.3, 0.4) is 0 Å². The number of rotatable bonds is 3. The molecule has 0 saturated carbocycles. The van der Waals surface area contributed by atoms with Gasteiger partial charge in [-0.1, -0.05) is 23.2 Å². The normalized spacial score (nSPS) is 21.5. The number of halogens is 2. The molecule has 2 amide bonds. The third kappa shape index (κ3) is 4.33. The highest BCUT2D eigenvalue weighted by Gasteiger charge is 2.45. The second kappa shape index (κ2) is 8.21. The highest BCUT2D eigenvalue weighted by atomic mass is 35.5. The smallest absolute Gasteiger partial charge is 0.322 e. The molecule has 0 aliphatic carbocycles. The maximum absolute atomic E-state index is 12.9. The van der Waals surface area contributed by atoms with Crippen LogP contribution in [0.4, 0.5) is 10.5 Å². The van der Waals surface area contributed by atoms with Crippen LogP contribution in [0.2, 0.25) is 10.0 Å². The second-order valence-corrected chi connectivity index (χ2v) is 9.29. The molecule has 7 nitrogen and oxygen atoms in total. The summed E-state index contributed by atoms with van der Waals surface area (Å²) in [6.45, 7) is 5.64. The van der Waals surface area contributed by atoms with E-state index in [1.807, 2.05) is 17.0 Å². The molecule has 1 spiro atoms. The van der Waals surface area contributed by atoms with E-state index in [1.54, 1.807) is 25.5 Å². The van der Waals surface area contributed by atoms with E-state index in [4.69, 9.17) is 23.2 Å². The Hall–Kier alpha value is -2.09. The maximum atomic E-state index is 12.9. The van der Waals surface area contributed by atoms with Gasteiger partial charge >= 0.3 is 6.03 Å². The number of hydrogen-bond acceptors (Lipinski definition) is 4. The van der Waals surface area contributed by atoms with E-state index in [9.17, 15) is 9.59 Å². The maximum Gasteiger partial charge on any atom is 0.344 e. The van der Waals surface area contributed by atoms with Crippen LogP contribution < -0.4 is 4.90 Å². The molecule has 2 aliphatic heterocycles. The zero-order valence-electron chi connectivity index (χ0n) is 17.1. The molecule has 30 heavy (non-hydrogen) atoms. The van der Waals surface area contributed by atoms with Crippen molar-refractivity contribution in [3.63, 3.8) is 0 Å². The van der Waals surface area contributed by atoms with Gasteiger partial charge in [-0.15, -0.1) is 0 Å². The van der Waals surface area contributed by atoms with Gasteiger partial charge in [0.2, 0.25) is 5.91 Å². The van der Waals surface area contributed by atoms with Crippen LogP contribution in [0.1, 0.15) is 25.3 Å². The zero-order valence-corrected chi connectivity index (χ0v) is 18.7. The van der Waals surface area contributed by atoms with Crippen molar-refractivity contribution in [3.05, 3.63) is 46.2 Å². The quantitative estimate of drug-likeness (QED) is 0.715. The molecule has 1 unspecified atom stereocenters. The number of hydrogen-bond donors (Lipinski definition) is 0. The van der Waals surface area contributed by atoms with Crippen molar-refractivity contribution < 1.29 is 9.59 Å². The first-order chi connectivity index (χ1) is 14.2. The first-order valence-electron chi connectivity index (χ1n) is 10.0. The third-order valence-corrected chi connectivity index (χ3v) is 6.62. The topological polar surface area (TPSA) is 61.7 Å². The molecule has 0 N–H and O–H groups in total. The molecule has 1 aromatic heterocycles. The Morgan fingerprint density at radius 3 is 2.53 bits per heavy atom.